The Morgan fingerprint density at radius 2 is 1.93 bits per heavy atom. The van der Waals surface area contributed by atoms with Crippen molar-refractivity contribution in [1.82, 2.24) is 0 Å². The number of aliphatic hydroxyl groups is 1. The molecule has 1 aromatic rings. The van der Waals surface area contributed by atoms with Gasteiger partial charge in [-0.05, 0) is 37.3 Å². The van der Waals surface area contributed by atoms with Gasteiger partial charge in [0.2, 0.25) is 0 Å². The SMILES string of the molecule is CCC(O)CCc1ccc(C)c(F)c1F. The summed E-state index contributed by atoms with van der Waals surface area (Å²) in [5, 5.41) is 9.32. The Morgan fingerprint density at radius 1 is 1.27 bits per heavy atom. The zero-order chi connectivity index (χ0) is 11.4. The van der Waals surface area contributed by atoms with Crippen LogP contribution >= 0.6 is 0 Å². The van der Waals surface area contributed by atoms with Crippen LogP contribution in [-0.2, 0) is 6.42 Å². The molecule has 0 aliphatic rings. The quantitative estimate of drug-likeness (QED) is 0.817. The lowest BCUT2D eigenvalue weighted by atomic mass is 10.0. The van der Waals surface area contributed by atoms with Crippen molar-refractivity contribution in [2.24, 2.45) is 0 Å². The molecule has 1 nitrogen and oxygen atoms in total. The number of aliphatic hydroxyl groups excluding tert-OH is 1. The highest BCUT2D eigenvalue weighted by molar-refractivity contribution is 5.25. The van der Waals surface area contributed by atoms with E-state index in [9.17, 15) is 13.9 Å². The largest absolute Gasteiger partial charge is 0.393 e. The number of hydrogen-bond donors (Lipinski definition) is 1. The van der Waals surface area contributed by atoms with E-state index in [2.05, 4.69) is 0 Å². The summed E-state index contributed by atoms with van der Waals surface area (Å²) in [6.45, 7) is 3.39. The van der Waals surface area contributed by atoms with Crippen molar-refractivity contribution in [2.45, 2.75) is 39.2 Å². The monoisotopic (exact) mass is 214 g/mol. The topological polar surface area (TPSA) is 20.2 Å². The first-order valence-corrected chi connectivity index (χ1v) is 5.17. The average molecular weight is 214 g/mol. The van der Waals surface area contributed by atoms with Crippen LogP contribution in [0.1, 0.15) is 30.9 Å². The average Bonchev–Trinajstić information content (AvgIpc) is 2.24. The Morgan fingerprint density at radius 3 is 2.53 bits per heavy atom. The van der Waals surface area contributed by atoms with Gasteiger partial charge in [0.05, 0.1) is 6.10 Å². The Hall–Kier alpha value is -0.960. The van der Waals surface area contributed by atoms with Crippen molar-refractivity contribution in [2.75, 3.05) is 0 Å². The summed E-state index contributed by atoms with van der Waals surface area (Å²) in [6, 6.07) is 3.14. The molecule has 0 heterocycles. The Kier molecular flexibility index (Phi) is 4.21. The Labute approximate surface area is 88.7 Å². The second kappa shape index (κ2) is 5.21. The van der Waals surface area contributed by atoms with Gasteiger partial charge in [0.25, 0.3) is 0 Å². The first-order chi connectivity index (χ1) is 7.06. The maximum atomic E-state index is 13.4. The molecular formula is C12H16F2O. The fourth-order valence-electron chi connectivity index (χ4n) is 1.41. The standard InChI is InChI=1S/C12H16F2O/c1-3-10(15)7-6-9-5-4-8(2)11(13)12(9)14/h4-5,10,15H,3,6-7H2,1-2H3. The minimum atomic E-state index is -0.779. The summed E-state index contributed by atoms with van der Waals surface area (Å²) >= 11 is 0. The van der Waals surface area contributed by atoms with Gasteiger partial charge in [-0.3, -0.25) is 0 Å². The van der Waals surface area contributed by atoms with Gasteiger partial charge in [-0.1, -0.05) is 19.1 Å². The molecule has 0 amide bonds. The van der Waals surface area contributed by atoms with Gasteiger partial charge in [-0.2, -0.15) is 0 Å². The molecule has 15 heavy (non-hydrogen) atoms. The fourth-order valence-corrected chi connectivity index (χ4v) is 1.41. The van der Waals surface area contributed by atoms with Crippen LogP contribution in [0.4, 0.5) is 8.78 Å². The van der Waals surface area contributed by atoms with Crippen LogP contribution in [0.15, 0.2) is 12.1 Å². The van der Waals surface area contributed by atoms with E-state index in [0.29, 0.717) is 30.4 Å². The van der Waals surface area contributed by atoms with Crippen molar-refractivity contribution < 1.29 is 13.9 Å². The van der Waals surface area contributed by atoms with Crippen molar-refractivity contribution in [3.63, 3.8) is 0 Å². The second-order valence-electron chi connectivity index (χ2n) is 3.77. The summed E-state index contributed by atoms with van der Waals surface area (Å²) in [5.74, 6) is -1.56. The molecule has 0 bridgehead atoms. The normalized spacial score (nSPS) is 12.9. The highest BCUT2D eigenvalue weighted by Crippen LogP contribution is 2.17. The van der Waals surface area contributed by atoms with E-state index in [-0.39, 0.29) is 0 Å². The van der Waals surface area contributed by atoms with Crippen LogP contribution in [0.25, 0.3) is 0 Å². The summed E-state index contributed by atoms with van der Waals surface area (Å²) in [6.07, 6.45) is 1.04. The molecule has 0 radical (unpaired) electrons. The van der Waals surface area contributed by atoms with Gasteiger partial charge < -0.3 is 5.11 Å². The zero-order valence-corrected chi connectivity index (χ0v) is 9.06. The van der Waals surface area contributed by atoms with Crippen LogP contribution in [0, 0.1) is 18.6 Å². The van der Waals surface area contributed by atoms with Crippen LogP contribution in [-0.4, -0.2) is 11.2 Å². The molecule has 0 aliphatic carbocycles. The molecule has 1 aromatic carbocycles. The van der Waals surface area contributed by atoms with Crippen molar-refractivity contribution in [1.29, 1.82) is 0 Å². The number of halogens is 2. The third kappa shape index (κ3) is 2.99. The predicted octanol–water partition coefficient (Wildman–Crippen LogP) is 2.98. The van der Waals surface area contributed by atoms with Gasteiger partial charge in [0.1, 0.15) is 0 Å². The summed E-state index contributed by atoms with van der Waals surface area (Å²) in [5.41, 5.74) is 0.651. The lowest BCUT2D eigenvalue weighted by Crippen LogP contribution is -2.07. The maximum absolute atomic E-state index is 13.4. The van der Waals surface area contributed by atoms with E-state index < -0.39 is 17.7 Å². The number of aryl methyl sites for hydroxylation is 2. The smallest absolute Gasteiger partial charge is 0.162 e. The fraction of sp³-hybridized carbons (Fsp3) is 0.500. The molecule has 0 fully saturated rings. The number of rotatable bonds is 4. The third-order valence-corrected chi connectivity index (χ3v) is 2.57. The van der Waals surface area contributed by atoms with E-state index in [4.69, 9.17) is 0 Å². The minimum Gasteiger partial charge on any atom is -0.393 e. The summed E-state index contributed by atoms with van der Waals surface area (Å²) in [7, 11) is 0. The lowest BCUT2D eigenvalue weighted by Gasteiger charge is -2.09. The van der Waals surface area contributed by atoms with Gasteiger partial charge in [0, 0.05) is 0 Å². The van der Waals surface area contributed by atoms with Crippen LogP contribution in [0.2, 0.25) is 0 Å². The van der Waals surface area contributed by atoms with Crippen LogP contribution < -0.4 is 0 Å². The second-order valence-corrected chi connectivity index (χ2v) is 3.77. The zero-order valence-electron chi connectivity index (χ0n) is 9.06. The lowest BCUT2D eigenvalue weighted by molar-refractivity contribution is 0.160. The molecule has 0 spiro atoms. The van der Waals surface area contributed by atoms with Crippen LogP contribution in [0.3, 0.4) is 0 Å². The van der Waals surface area contributed by atoms with Gasteiger partial charge in [0.15, 0.2) is 11.6 Å². The Bertz CT molecular complexity index is 337. The number of hydrogen-bond acceptors (Lipinski definition) is 1. The third-order valence-electron chi connectivity index (χ3n) is 2.57. The number of benzene rings is 1. The molecule has 1 atom stereocenters. The van der Waals surface area contributed by atoms with Crippen molar-refractivity contribution in [3.8, 4) is 0 Å². The van der Waals surface area contributed by atoms with E-state index in [1.54, 1.807) is 12.1 Å². The van der Waals surface area contributed by atoms with E-state index >= 15 is 0 Å². The molecule has 0 aromatic heterocycles. The summed E-state index contributed by atoms with van der Waals surface area (Å²) < 4.78 is 26.5. The Balaban J connectivity index is 2.74. The maximum Gasteiger partial charge on any atom is 0.162 e. The first kappa shape index (κ1) is 12.1. The molecule has 84 valence electrons. The summed E-state index contributed by atoms with van der Waals surface area (Å²) in [4.78, 5) is 0. The van der Waals surface area contributed by atoms with Gasteiger partial charge >= 0.3 is 0 Å². The highest BCUT2D eigenvalue weighted by atomic mass is 19.2. The van der Waals surface area contributed by atoms with E-state index in [1.165, 1.54) is 6.92 Å². The van der Waals surface area contributed by atoms with Crippen molar-refractivity contribution in [3.05, 3.63) is 34.9 Å². The predicted molar refractivity (Wildman–Crippen MR) is 55.7 cm³/mol. The molecule has 1 rings (SSSR count). The molecule has 1 N–H and O–H groups in total. The van der Waals surface area contributed by atoms with E-state index in [1.807, 2.05) is 6.92 Å². The highest BCUT2D eigenvalue weighted by Gasteiger charge is 2.11. The van der Waals surface area contributed by atoms with E-state index in [0.717, 1.165) is 0 Å². The molecule has 0 saturated carbocycles. The van der Waals surface area contributed by atoms with Gasteiger partial charge in [-0.25, -0.2) is 8.78 Å². The van der Waals surface area contributed by atoms with Crippen molar-refractivity contribution >= 4 is 0 Å². The molecule has 0 aliphatic heterocycles. The first-order valence-electron chi connectivity index (χ1n) is 5.17. The van der Waals surface area contributed by atoms with Crippen LogP contribution in [0.5, 0.6) is 0 Å². The minimum absolute atomic E-state index is 0.312. The molecular weight excluding hydrogens is 198 g/mol. The molecule has 3 heteroatoms. The molecule has 1 unspecified atom stereocenters. The van der Waals surface area contributed by atoms with Gasteiger partial charge in [-0.15, -0.1) is 0 Å². The molecule has 0 saturated heterocycles.